The number of benzene rings is 1. The summed E-state index contributed by atoms with van der Waals surface area (Å²) in [5.41, 5.74) is 7.36. The van der Waals surface area contributed by atoms with Crippen LogP contribution in [0.5, 0.6) is 0 Å². The molecule has 4 nitrogen and oxygen atoms in total. The monoisotopic (exact) mass is 290 g/mol. The summed E-state index contributed by atoms with van der Waals surface area (Å²) in [7, 11) is 0. The molecule has 0 aliphatic heterocycles. The van der Waals surface area contributed by atoms with Crippen LogP contribution in [0.25, 0.3) is 0 Å². The number of hydrogen-bond donors (Lipinski definition) is 2. The van der Waals surface area contributed by atoms with Gasteiger partial charge in [-0.1, -0.05) is 46.9 Å². The van der Waals surface area contributed by atoms with Crippen molar-refractivity contribution in [1.82, 2.24) is 15.2 Å². The summed E-state index contributed by atoms with van der Waals surface area (Å²) < 4.78 is -1.60. The van der Waals surface area contributed by atoms with Crippen LogP contribution in [0, 0.1) is 0 Å². The number of halogens is 3. The van der Waals surface area contributed by atoms with Crippen LogP contribution in [0.2, 0.25) is 0 Å². The second kappa shape index (κ2) is 4.72. The molecule has 0 saturated carbocycles. The first-order valence-corrected chi connectivity index (χ1v) is 5.91. The number of alkyl halides is 3. The SMILES string of the molecule is Nc1ccc(Cc2nc(C(Cl)(Cl)Cl)n[nH]2)cc1. The molecule has 3 N–H and O–H groups in total. The molecule has 2 aromatic rings. The van der Waals surface area contributed by atoms with Crippen molar-refractivity contribution >= 4 is 40.5 Å². The van der Waals surface area contributed by atoms with E-state index < -0.39 is 3.79 Å². The maximum absolute atomic E-state index is 5.66. The molecular weight excluding hydrogens is 282 g/mol. The van der Waals surface area contributed by atoms with Crippen LogP contribution in [0.3, 0.4) is 0 Å². The molecule has 0 fully saturated rings. The Morgan fingerprint density at radius 3 is 2.35 bits per heavy atom. The molecule has 0 atom stereocenters. The number of nitrogens with zero attached hydrogens (tertiary/aromatic N) is 2. The minimum absolute atomic E-state index is 0.146. The zero-order chi connectivity index (χ0) is 12.5. The Bertz CT molecular complexity index is 501. The second-order valence-electron chi connectivity index (χ2n) is 3.52. The molecule has 0 amide bonds. The van der Waals surface area contributed by atoms with Crippen molar-refractivity contribution in [2.75, 3.05) is 5.73 Å². The Kier molecular flexibility index (Phi) is 3.47. The molecule has 0 bridgehead atoms. The Hall–Kier alpha value is -0.970. The van der Waals surface area contributed by atoms with E-state index in [0.29, 0.717) is 17.9 Å². The quantitative estimate of drug-likeness (QED) is 0.660. The Labute approximate surface area is 113 Å². The van der Waals surface area contributed by atoms with Gasteiger partial charge < -0.3 is 5.73 Å². The lowest BCUT2D eigenvalue weighted by Crippen LogP contribution is -2.02. The molecule has 1 heterocycles. The number of hydrogen-bond acceptors (Lipinski definition) is 3. The number of aromatic amines is 1. The van der Waals surface area contributed by atoms with Gasteiger partial charge in [-0.05, 0) is 17.7 Å². The van der Waals surface area contributed by atoms with Crippen molar-refractivity contribution in [3.8, 4) is 0 Å². The van der Waals surface area contributed by atoms with Gasteiger partial charge in [-0.3, -0.25) is 5.10 Å². The lowest BCUT2D eigenvalue weighted by Gasteiger charge is -2.03. The predicted octanol–water partition coefficient (Wildman–Crippen LogP) is 2.80. The highest BCUT2D eigenvalue weighted by molar-refractivity contribution is 6.66. The van der Waals surface area contributed by atoms with Crippen LogP contribution in [-0.2, 0) is 10.2 Å². The molecule has 0 saturated heterocycles. The van der Waals surface area contributed by atoms with Crippen LogP contribution >= 0.6 is 34.8 Å². The van der Waals surface area contributed by atoms with E-state index in [1.807, 2.05) is 24.3 Å². The van der Waals surface area contributed by atoms with E-state index in [-0.39, 0.29) is 5.82 Å². The normalized spacial score (nSPS) is 11.7. The molecule has 0 unspecified atom stereocenters. The zero-order valence-electron chi connectivity index (χ0n) is 8.62. The number of nitrogens with two attached hydrogens (primary N) is 1. The van der Waals surface area contributed by atoms with E-state index in [0.717, 1.165) is 5.56 Å². The van der Waals surface area contributed by atoms with Gasteiger partial charge in [0.05, 0.1) is 0 Å². The van der Waals surface area contributed by atoms with E-state index in [2.05, 4.69) is 15.2 Å². The standard InChI is InChI=1S/C10H9Cl3N4/c11-10(12,13)9-15-8(16-17-9)5-6-1-3-7(14)4-2-6/h1-4H,5,14H2,(H,15,16,17). The molecule has 0 spiro atoms. The average molecular weight is 292 g/mol. The fourth-order valence-corrected chi connectivity index (χ4v) is 1.58. The highest BCUT2D eigenvalue weighted by atomic mass is 35.6. The Morgan fingerprint density at radius 2 is 1.82 bits per heavy atom. The van der Waals surface area contributed by atoms with E-state index in [4.69, 9.17) is 40.5 Å². The van der Waals surface area contributed by atoms with Crippen LogP contribution in [0.1, 0.15) is 17.2 Å². The van der Waals surface area contributed by atoms with Crippen molar-refractivity contribution in [3.63, 3.8) is 0 Å². The highest BCUT2D eigenvalue weighted by Gasteiger charge is 2.28. The third kappa shape index (κ3) is 3.25. The van der Waals surface area contributed by atoms with Gasteiger partial charge in [-0.15, -0.1) is 0 Å². The van der Waals surface area contributed by atoms with Crippen LogP contribution < -0.4 is 5.73 Å². The number of aromatic nitrogens is 3. The minimum atomic E-state index is -1.60. The molecule has 2 rings (SSSR count). The number of H-pyrrole nitrogens is 1. The van der Waals surface area contributed by atoms with Gasteiger partial charge in [0.15, 0.2) is 0 Å². The summed E-state index contributed by atoms with van der Waals surface area (Å²) in [4.78, 5) is 4.11. The maximum Gasteiger partial charge on any atom is 0.251 e. The van der Waals surface area contributed by atoms with Gasteiger partial charge in [0, 0.05) is 12.1 Å². The number of anilines is 1. The maximum atomic E-state index is 5.66. The van der Waals surface area contributed by atoms with Gasteiger partial charge in [0.25, 0.3) is 3.79 Å². The molecule has 0 aliphatic carbocycles. The smallest absolute Gasteiger partial charge is 0.251 e. The Balaban J connectivity index is 2.14. The molecule has 90 valence electrons. The van der Waals surface area contributed by atoms with E-state index in [9.17, 15) is 0 Å². The highest BCUT2D eigenvalue weighted by Crippen LogP contribution is 2.35. The fourth-order valence-electron chi connectivity index (χ4n) is 1.33. The van der Waals surface area contributed by atoms with Gasteiger partial charge in [-0.25, -0.2) is 4.98 Å². The molecule has 1 aromatic heterocycles. The molecule has 1 aromatic carbocycles. The predicted molar refractivity (Wildman–Crippen MR) is 69.3 cm³/mol. The lowest BCUT2D eigenvalue weighted by atomic mass is 10.1. The van der Waals surface area contributed by atoms with E-state index in [1.165, 1.54) is 0 Å². The summed E-state index contributed by atoms with van der Waals surface area (Å²) in [5.74, 6) is 0.782. The number of nitrogens with one attached hydrogen (secondary N) is 1. The second-order valence-corrected chi connectivity index (χ2v) is 5.80. The summed E-state index contributed by atoms with van der Waals surface area (Å²) in [5, 5.41) is 6.57. The third-order valence-corrected chi connectivity index (χ3v) is 2.64. The van der Waals surface area contributed by atoms with Gasteiger partial charge in [-0.2, -0.15) is 5.10 Å². The first-order chi connectivity index (χ1) is 7.95. The minimum Gasteiger partial charge on any atom is -0.399 e. The van der Waals surface area contributed by atoms with Crippen LogP contribution in [-0.4, -0.2) is 15.2 Å². The first-order valence-electron chi connectivity index (χ1n) is 4.78. The Morgan fingerprint density at radius 1 is 1.18 bits per heavy atom. The van der Waals surface area contributed by atoms with Gasteiger partial charge >= 0.3 is 0 Å². The zero-order valence-corrected chi connectivity index (χ0v) is 10.9. The van der Waals surface area contributed by atoms with Gasteiger partial charge in [0.1, 0.15) is 5.82 Å². The summed E-state index contributed by atoms with van der Waals surface area (Å²) in [6.07, 6.45) is 0.577. The fraction of sp³-hybridized carbons (Fsp3) is 0.200. The molecule has 17 heavy (non-hydrogen) atoms. The number of nitrogen functional groups attached to an aromatic ring is 1. The topological polar surface area (TPSA) is 67.6 Å². The molecule has 0 aliphatic rings. The van der Waals surface area contributed by atoms with Crippen molar-refractivity contribution < 1.29 is 0 Å². The molecule has 7 heteroatoms. The third-order valence-electron chi connectivity index (χ3n) is 2.14. The first kappa shape index (κ1) is 12.5. The van der Waals surface area contributed by atoms with E-state index in [1.54, 1.807) is 0 Å². The van der Waals surface area contributed by atoms with Crippen LogP contribution in [0.4, 0.5) is 5.69 Å². The lowest BCUT2D eigenvalue weighted by molar-refractivity contribution is 0.958. The number of rotatable bonds is 2. The van der Waals surface area contributed by atoms with Crippen molar-refractivity contribution in [3.05, 3.63) is 41.5 Å². The van der Waals surface area contributed by atoms with Crippen LogP contribution in [0.15, 0.2) is 24.3 Å². The summed E-state index contributed by atoms with van der Waals surface area (Å²) >= 11 is 17.0. The van der Waals surface area contributed by atoms with Crippen molar-refractivity contribution in [2.24, 2.45) is 0 Å². The largest absolute Gasteiger partial charge is 0.399 e. The van der Waals surface area contributed by atoms with E-state index >= 15 is 0 Å². The van der Waals surface area contributed by atoms with Crippen molar-refractivity contribution in [1.29, 1.82) is 0 Å². The van der Waals surface area contributed by atoms with Gasteiger partial charge in [0.2, 0.25) is 5.82 Å². The average Bonchev–Trinajstić information content (AvgIpc) is 2.69. The summed E-state index contributed by atoms with van der Waals surface area (Å²) in [6.45, 7) is 0. The van der Waals surface area contributed by atoms with Crippen molar-refractivity contribution in [2.45, 2.75) is 10.2 Å². The molecule has 0 radical (unpaired) electrons. The summed E-state index contributed by atoms with van der Waals surface area (Å²) in [6, 6.07) is 7.46. The molecular formula is C10H9Cl3N4.